The summed E-state index contributed by atoms with van der Waals surface area (Å²) in [6, 6.07) is 7.00. The van der Waals surface area contributed by atoms with Crippen LogP contribution in [0.2, 0.25) is 0 Å². The Morgan fingerprint density at radius 1 is 1.14 bits per heavy atom. The molecule has 1 rings (SSSR count). The predicted molar refractivity (Wildman–Crippen MR) is 60.5 cm³/mol. The molecule has 0 unspecified atom stereocenters. The third-order valence-electron chi connectivity index (χ3n) is 2.01. The predicted octanol–water partition coefficient (Wildman–Crippen LogP) is 2.59. The minimum Gasteiger partial charge on any atom is -0.223 e. The first kappa shape index (κ1) is 11.6. The van der Waals surface area contributed by atoms with Crippen LogP contribution in [0.1, 0.15) is 13.8 Å². The third kappa shape index (κ3) is 2.30. The van der Waals surface area contributed by atoms with Crippen LogP contribution in [0, 0.1) is 0 Å². The lowest BCUT2D eigenvalue weighted by molar-refractivity contribution is 0.587. The zero-order chi connectivity index (χ0) is 10.8. The number of rotatable bonds is 3. The highest BCUT2D eigenvalue weighted by atomic mass is 32.2. The van der Waals surface area contributed by atoms with E-state index in [1.807, 2.05) is 18.4 Å². The highest BCUT2D eigenvalue weighted by molar-refractivity contribution is 7.98. The van der Waals surface area contributed by atoms with E-state index in [1.165, 1.54) is 0 Å². The average Bonchev–Trinajstić information content (AvgIpc) is 2.17. The van der Waals surface area contributed by atoms with Crippen molar-refractivity contribution in [3.8, 4) is 0 Å². The van der Waals surface area contributed by atoms with Crippen LogP contribution in [-0.2, 0) is 9.84 Å². The van der Waals surface area contributed by atoms with Gasteiger partial charge in [-0.2, -0.15) is 0 Å². The Balaban J connectivity index is 3.10. The summed E-state index contributed by atoms with van der Waals surface area (Å²) in [4.78, 5) is 1.48. The van der Waals surface area contributed by atoms with Gasteiger partial charge in [0.2, 0.25) is 0 Å². The second kappa shape index (κ2) is 4.36. The fourth-order valence-corrected chi connectivity index (χ4v) is 2.51. The van der Waals surface area contributed by atoms with Crippen LogP contribution in [0.3, 0.4) is 0 Å². The molecule has 0 fully saturated rings. The van der Waals surface area contributed by atoms with E-state index in [2.05, 4.69) is 0 Å². The Bertz CT molecular complexity index is 391. The monoisotopic (exact) mass is 230 g/mol. The largest absolute Gasteiger partial charge is 0.223 e. The van der Waals surface area contributed by atoms with Crippen LogP contribution in [0.4, 0.5) is 0 Å². The maximum Gasteiger partial charge on any atom is 0.180 e. The van der Waals surface area contributed by atoms with E-state index in [0.717, 1.165) is 4.90 Å². The van der Waals surface area contributed by atoms with Gasteiger partial charge in [-0.1, -0.05) is 0 Å². The first-order valence-electron chi connectivity index (χ1n) is 4.36. The molecule has 0 radical (unpaired) electrons. The van der Waals surface area contributed by atoms with Crippen molar-refractivity contribution in [3.05, 3.63) is 24.3 Å². The van der Waals surface area contributed by atoms with Gasteiger partial charge in [0.25, 0.3) is 0 Å². The van der Waals surface area contributed by atoms with Crippen molar-refractivity contribution >= 4 is 21.6 Å². The molecular formula is C10H14O2S2. The van der Waals surface area contributed by atoms with Gasteiger partial charge in [-0.3, -0.25) is 0 Å². The molecule has 2 nitrogen and oxygen atoms in total. The molecule has 0 N–H and O–H groups in total. The van der Waals surface area contributed by atoms with Gasteiger partial charge in [0.1, 0.15) is 0 Å². The van der Waals surface area contributed by atoms with E-state index in [0.29, 0.717) is 4.90 Å². The van der Waals surface area contributed by atoms with E-state index in [-0.39, 0.29) is 5.25 Å². The normalized spacial score (nSPS) is 12.0. The van der Waals surface area contributed by atoms with Gasteiger partial charge in [0.15, 0.2) is 9.84 Å². The quantitative estimate of drug-likeness (QED) is 0.748. The second-order valence-electron chi connectivity index (χ2n) is 3.27. The van der Waals surface area contributed by atoms with Crippen molar-refractivity contribution in [2.24, 2.45) is 0 Å². The lowest BCUT2D eigenvalue weighted by atomic mass is 10.4. The van der Waals surface area contributed by atoms with Gasteiger partial charge in [-0.05, 0) is 44.4 Å². The Kier molecular flexibility index (Phi) is 3.61. The van der Waals surface area contributed by atoms with Crippen molar-refractivity contribution < 1.29 is 8.42 Å². The highest BCUT2D eigenvalue weighted by Crippen LogP contribution is 2.20. The molecule has 1 aromatic carbocycles. The zero-order valence-corrected chi connectivity index (χ0v) is 10.2. The molecule has 0 spiro atoms. The van der Waals surface area contributed by atoms with Crippen molar-refractivity contribution in [2.75, 3.05) is 6.26 Å². The number of sulfone groups is 1. The first-order chi connectivity index (χ1) is 6.48. The summed E-state index contributed by atoms with van der Waals surface area (Å²) in [5.74, 6) is 0. The minimum absolute atomic E-state index is 0.359. The Morgan fingerprint density at radius 3 is 2.00 bits per heavy atom. The van der Waals surface area contributed by atoms with Crippen molar-refractivity contribution in [1.82, 2.24) is 0 Å². The first-order valence-corrected chi connectivity index (χ1v) is 7.13. The standard InChI is InChI=1S/C10H14O2S2/c1-8(2)14(11,12)10-6-4-9(13-3)5-7-10/h4-8H,1-3H3. The summed E-state index contributed by atoms with van der Waals surface area (Å²) in [6.45, 7) is 3.38. The molecule has 0 aliphatic carbocycles. The van der Waals surface area contributed by atoms with E-state index in [1.54, 1.807) is 37.7 Å². The number of hydrogen-bond acceptors (Lipinski definition) is 3. The van der Waals surface area contributed by atoms with Crippen LogP contribution < -0.4 is 0 Å². The molecule has 0 aliphatic rings. The van der Waals surface area contributed by atoms with Crippen LogP contribution in [-0.4, -0.2) is 19.9 Å². The molecule has 0 bridgehead atoms. The molecule has 0 aromatic heterocycles. The number of benzene rings is 1. The van der Waals surface area contributed by atoms with Gasteiger partial charge in [0.05, 0.1) is 10.1 Å². The van der Waals surface area contributed by atoms with Gasteiger partial charge in [0, 0.05) is 4.90 Å². The zero-order valence-electron chi connectivity index (χ0n) is 8.52. The molecule has 0 amide bonds. The van der Waals surface area contributed by atoms with Gasteiger partial charge in [-0.15, -0.1) is 11.8 Å². The van der Waals surface area contributed by atoms with Gasteiger partial charge in [-0.25, -0.2) is 8.42 Å². The second-order valence-corrected chi connectivity index (χ2v) is 6.65. The molecule has 78 valence electrons. The van der Waals surface area contributed by atoms with E-state index in [9.17, 15) is 8.42 Å². The topological polar surface area (TPSA) is 34.1 Å². The minimum atomic E-state index is -3.11. The Labute approximate surface area is 89.6 Å². The van der Waals surface area contributed by atoms with Gasteiger partial charge >= 0.3 is 0 Å². The molecule has 0 heterocycles. The molecule has 14 heavy (non-hydrogen) atoms. The van der Waals surface area contributed by atoms with Crippen LogP contribution in [0.25, 0.3) is 0 Å². The van der Waals surface area contributed by atoms with Gasteiger partial charge < -0.3 is 0 Å². The molecule has 1 aromatic rings. The molecule has 0 aliphatic heterocycles. The SMILES string of the molecule is CSc1ccc(S(=O)(=O)C(C)C)cc1. The number of hydrogen-bond donors (Lipinski definition) is 0. The smallest absolute Gasteiger partial charge is 0.180 e. The van der Waals surface area contributed by atoms with Crippen LogP contribution >= 0.6 is 11.8 Å². The fourth-order valence-electron chi connectivity index (χ4n) is 1.04. The Morgan fingerprint density at radius 2 is 1.64 bits per heavy atom. The molecule has 0 saturated carbocycles. The summed E-state index contributed by atoms with van der Waals surface area (Å²) in [5.41, 5.74) is 0. The molecule has 0 saturated heterocycles. The van der Waals surface area contributed by atoms with E-state index in [4.69, 9.17) is 0 Å². The maximum atomic E-state index is 11.7. The number of thioether (sulfide) groups is 1. The lowest BCUT2D eigenvalue weighted by Crippen LogP contribution is -2.13. The van der Waals surface area contributed by atoms with E-state index >= 15 is 0 Å². The van der Waals surface area contributed by atoms with Crippen molar-refractivity contribution in [2.45, 2.75) is 28.9 Å². The Hall–Kier alpha value is -0.480. The van der Waals surface area contributed by atoms with Crippen LogP contribution in [0.5, 0.6) is 0 Å². The average molecular weight is 230 g/mol. The molecule has 4 heteroatoms. The summed E-state index contributed by atoms with van der Waals surface area (Å²) >= 11 is 1.60. The highest BCUT2D eigenvalue weighted by Gasteiger charge is 2.18. The van der Waals surface area contributed by atoms with E-state index < -0.39 is 9.84 Å². The summed E-state index contributed by atoms with van der Waals surface area (Å²) in [5, 5.41) is -0.359. The summed E-state index contributed by atoms with van der Waals surface area (Å²) in [6.07, 6.45) is 1.96. The summed E-state index contributed by atoms with van der Waals surface area (Å²) < 4.78 is 23.4. The van der Waals surface area contributed by atoms with Crippen molar-refractivity contribution in [3.63, 3.8) is 0 Å². The molecular weight excluding hydrogens is 216 g/mol. The third-order valence-corrected chi connectivity index (χ3v) is 4.92. The van der Waals surface area contributed by atoms with Crippen molar-refractivity contribution in [1.29, 1.82) is 0 Å². The fraction of sp³-hybridized carbons (Fsp3) is 0.400. The summed E-state index contributed by atoms with van der Waals surface area (Å²) in [7, 11) is -3.11. The maximum absolute atomic E-state index is 11.7. The molecule has 0 atom stereocenters. The van der Waals surface area contributed by atoms with Crippen LogP contribution in [0.15, 0.2) is 34.1 Å². The lowest BCUT2D eigenvalue weighted by Gasteiger charge is -2.07.